The van der Waals surface area contributed by atoms with Gasteiger partial charge in [0.2, 0.25) is 0 Å². The average molecular weight is 321 g/mol. The van der Waals surface area contributed by atoms with Gasteiger partial charge in [-0.2, -0.15) is 0 Å². The second kappa shape index (κ2) is 7.21. The minimum Gasteiger partial charge on any atom is -0.497 e. The number of nitrogens with zero attached hydrogens (tertiary/aromatic N) is 1. The lowest BCUT2D eigenvalue weighted by molar-refractivity contribution is -0.00823. The molecule has 128 valence electrons. The van der Waals surface area contributed by atoms with Gasteiger partial charge in [-0.05, 0) is 51.3 Å². The zero-order valence-corrected chi connectivity index (χ0v) is 14.4. The molecule has 1 aliphatic heterocycles. The largest absolute Gasteiger partial charge is 0.497 e. The molecule has 1 fully saturated rings. The van der Waals surface area contributed by atoms with E-state index in [1.807, 2.05) is 45.0 Å². The van der Waals surface area contributed by atoms with Crippen LogP contribution in [0.25, 0.3) is 0 Å². The van der Waals surface area contributed by atoms with Gasteiger partial charge in [-0.15, -0.1) is 0 Å². The Morgan fingerprint density at radius 3 is 2.52 bits per heavy atom. The van der Waals surface area contributed by atoms with Crippen LogP contribution in [0.5, 0.6) is 5.75 Å². The van der Waals surface area contributed by atoms with E-state index in [4.69, 9.17) is 9.47 Å². The van der Waals surface area contributed by atoms with Crippen LogP contribution >= 0.6 is 0 Å². The number of aliphatic hydroxyl groups is 1. The minimum atomic E-state index is -0.501. The molecule has 0 spiro atoms. The van der Waals surface area contributed by atoms with Crippen LogP contribution < -0.4 is 4.74 Å². The number of methoxy groups -OCH3 is 1. The van der Waals surface area contributed by atoms with Crippen molar-refractivity contribution in [3.05, 3.63) is 29.8 Å². The quantitative estimate of drug-likeness (QED) is 0.930. The van der Waals surface area contributed by atoms with Gasteiger partial charge in [0.25, 0.3) is 0 Å². The summed E-state index contributed by atoms with van der Waals surface area (Å²) in [6, 6.07) is 7.82. The standard InChI is InChI=1S/C18H27NO4/c1-18(2,3)23-17(21)19-10-9-16(20)14(12-19)11-13-5-7-15(22-4)8-6-13/h5-8,14,16,20H,9-12H2,1-4H3. The Labute approximate surface area is 138 Å². The van der Waals surface area contributed by atoms with Crippen molar-refractivity contribution >= 4 is 6.09 Å². The van der Waals surface area contributed by atoms with Crippen molar-refractivity contribution in [3.8, 4) is 5.75 Å². The van der Waals surface area contributed by atoms with Gasteiger partial charge in [-0.3, -0.25) is 0 Å². The Morgan fingerprint density at radius 2 is 1.96 bits per heavy atom. The molecule has 0 aromatic heterocycles. The number of amides is 1. The number of ether oxygens (including phenoxy) is 2. The summed E-state index contributed by atoms with van der Waals surface area (Å²) in [5.74, 6) is 0.831. The van der Waals surface area contributed by atoms with E-state index in [2.05, 4.69) is 0 Å². The molecule has 0 radical (unpaired) electrons. The summed E-state index contributed by atoms with van der Waals surface area (Å²) in [6.07, 6.45) is 0.616. The molecule has 1 aliphatic rings. The van der Waals surface area contributed by atoms with E-state index < -0.39 is 11.7 Å². The molecule has 5 heteroatoms. The molecule has 2 atom stereocenters. The topological polar surface area (TPSA) is 59.0 Å². The zero-order valence-electron chi connectivity index (χ0n) is 14.4. The average Bonchev–Trinajstić information content (AvgIpc) is 2.48. The molecular formula is C18H27NO4. The maximum atomic E-state index is 12.2. The van der Waals surface area contributed by atoms with Crippen molar-refractivity contribution < 1.29 is 19.4 Å². The predicted octanol–water partition coefficient (Wildman–Crippen LogP) is 2.86. The van der Waals surface area contributed by atoms with E-state index >= 15 is 0 Å². The van der Waals surface area contributed by atoms with Crippen molar-refractivity contribution in [1.29, 1.82) is 0 Å². The highest BCUT2D eigenvalue weighted by Crippen LogP contribution is 2.24. The van der Waals surface area contributed by atoms with Crippen LogP contribution in [0, 0.1) is 5.92 Å². The van der Waals surface area contributed by atoms with E-state index in [0.29, 0.717) is 19.5 Å². The molecule has 5 nitrogen and oxygen atoms in total. The fraction of sp³-hybridized carbons (Fsp3) is 0.611. The fourth-order valence-corrected chi connectivity index (χ4v) is 2.78. The number of carbonyl (C=O) groups is 1. The van der Waals surface area contributed by atoms with Gasteiger partial charge in [0.15, 0.2) is 0 Å². The first-order valence-electron chi connectivity index (χ1n) is 8.07. The fourth-order valence-electron chi connectivity index (χ4n) is 2.78. The minimum absolute atomic E-state index is 0.0182. The Balaban J connectivity index is 1.98. The molecule has 23 heavy (non-hydrogen) atoms. The number of hydrogen-bond donors (Lipinski definition) is 1. The number of piperidine rings is 1. The number of rotatable bonds is 3. The molecule has 0 aliphatic carbocycles. The summed E-state index contributed by atoms with van der Waals surface area (Å²) in [5.41, 5.74) is 0.624. The maximum Gasteiger partial charge on any atom is 0.410 e. The second-order valence-electron chi connectivity index (χ2n) is 7.09. The van der Waals surface area contributed by atoms with Crippen molar-refractivity contribution in [1.82, 2.24) is 4.90 Å². The van der Waals surface area contributed by atoms with E-state index in [1.165, 1.54) is 0 Å². The lowest BCUT2D eigenvalue weighted by Crippen LogP contribution is -2.48. The summed E-state index contributed by atoms with van der Waals surface area (Å²) in [6.45, 7) is 6.63. The van der Waals surface area contributed by atoms with E-state index in [-0.39, 0.29) is 12.0 Å². The number of benzene rings is 1. The van der Waals surface area contributed by atoms with Crippen LogP contribution in [-0.4, -0.2) is 48.0 Å². The van der Waals surface area contributed by atoms with Gasteiger partial charge < -0.3 is 19.5 Å². The SMILES string of the molecule is COc1ccc(CC2CN(C(=O)OC(C)(C)C)CCC2O)cc1. The molecule has 1 amide bonds. The zero-order chi connectivity index (χ0) is 17.0. The van der Waals surface area contributed by atoms with E-state index in [1.54, 1.807) is 12.0 Å². The monoisotopic (exact) mass is 321 g/mol. The van der Waals surface area contributed by atoms with Crippen molar-refractivity contribution in [2.24, 2.45) is 5.92 Å². The van der Waals surface area contributed by atoms with Crippen LogP contribution in [0.4, 0.5) is 4.79 Å². The highest BCUT2D eigenvalue weighted by molar-refractivity contribution is 5.68. The maximum absolute atomic E-state index is 12.2. The van der Waals surface area contributed by atoms with Crippen LogP contribution in [0.15, 0.2) is 24.3 Å². The predicted molar refractivity (Wildman–Crippen MR) is 88.6 cm³/mol. The molecule has 0 saturated carbocycles. The molecule has 1 saturated heterocycles. The summed E-state index contributed by atoms with van der Waals surface area (Å²) in [5, 5.41) is 10.3. The van der Waals surface area contributed by atoms with Crippen LogP contribution in [-0.2, 0) is 11.2 Å². The number of carbonyl (C=O) groups excluding carboxylic acids is 1. The lowest BCUT2D eigenvalue weighted by Gasteiger charge is -2.37. The molecule has 1 aromatic rings. The normalized spacial score (nSPS) is 21.9. The van der Waals surface area contributed by atoms with Gasteiger partial charge in [0, 0.05) is 19.0 Å². The highest BCUT2D eigenvalue weighted by Gasteiger charge is 2.32. The van der Waals surface area contributed by atoms with Crippen molar-refractivity contribution in [2.75, 3.05) is 20.2 Å². The Morgan fingerprint density at radius 1 is 1.30 bits per heavy atom. The van der Waals surface area contributed by atoms with Crippen molar-refractivity contribution in [3.63, 3.8) is 0 Å². The third-order valence-electron chi connectivity index (χ3n) is 4.00. The molecule has 0 bridgehead atoms. The molecule has 2 rings (SSSR count). The molecule has 2 unspecified atom stereocenters. The first kappa shape index (κ1) is 17.6. The van der Waals surface area contributed by atoms with E-state index in [0.717, 1.165) is 17.7 Å². The summed E-state index contributed by atoms with van der Waals surface area (Å²) in [7, 11) is 1.64. The molecular weight excluding hydrogens is 294 g/mol. The first-order chi connectivity index (χ1) is 10.8. The second-order valence-corrected chi connectivity index (χ2v) is 7.09. The molecule has 1 aromatic carbocycles. The summed E-state index contributed by atoms with van der Waals surface area (Å²) in [4.78, 5) is 13.9. The van der Waals surface area contributed by atoms with Crippen LogP contribution in [0.3, 0.4) is 0 Å². The third-order valence-corrected chi connectivity index (χ3v) is 4.00. The molecule has 1 N–H and O–H groups in total. The molecule has 1 heterocycles. The Kier molecular flexibility index (Phi) is 5.52. The van der Waals surface area contributed by atoms with Gasteiger partial charge in [-0.1, -0.05) is 12.1 Å². The van der Waals surface area contributed by atoms with Gasteiger partial charge in [0.05, 0.1) is 13.2 Å². The van der Waals surface area contributed by atoms with E-state index in [9.17, 15) is 9.90 Å². The van der Waals surface area contributed by atoms with Gasteiger partial charge >= 0.3 is 6.09 Å². The van der Waals surface area contributed by atoms with Crippen LogP contribution in [0.2, 0.25) is 0 Å². The van der Waals surface area contributed by atoms with Gasteiger partial charge in [0.1, 0.15) is 11.4 Å². The summed E-state index contributed by atoms with van der Waals surface area (Å²) < 4.78 is 10.6. The van der Waals surface area contributed by atoms with Crippen molar-refractivity contribution in [2.45, 2.75) is 45.3 Å². The Bertz CT molecular complexity index is 521. The van der Waals surface area contributed by atoms with Crippen LogP contribution in [0.1, 0.15) is 32.8 Å². The third kappa shape index (κ3) is 5.13. The number of likely N-dealkylation sites (tertiary alicyclic amines) is 1. The van der Waals surface area contributed by atoms with Gasteiger partial charge in [-0.25, -0.2) is 4.79 Å². The lowest BCUT2D eigenvalue weighted by atomic mass is 9.89. The number of hydrogen-bond acceptors (Lipinski definition) is 4. The smallest absolute Gasteiger partial charge is 0.410 e. The Hall–Kier alpha value is -1.75. The highest BCUT2D eigenvalue weighted by atomic mass is 16.6. The first-order valence-corrected chi connectivity index (χ1v) is 8.07. The number of aliphatic hydroxyl groups excluding tert-OH is 1. The summed E-state index contributed by atoms with van der Waals surface area (Å²) >= 11 is 0.